The van der Waals surface area contributed by atoms with Crippen LogP contribution >= 0.6 is 11.8 Å². The van der Waals surface area contributed by atoms with Crippen LogP contribution in [0.3, 0.4) is 0 Å². The van der Waals surface area contributed by atoms with Crippen LogP contribution in [-0.4, -0.2) is 79.3 Å². The Hall–Kier alpha value is -3.36. The second-order valence-corrected chi connectivity index (χ2v) is 14.8. The molecule has 8 heteroatoms. The molecule has 0 aromatic heterocycles. The molecule has 0 radical (unpaired) electrons. The summed E-state index contributed by atoms with van der Waals surface area (Å²) in [5.74, 6) is -1.68. The van der Waals surface area contributed by atoms with E-state index in [0.717, 1.165) is 36.8 Å². The lowest BCUT2D eigenvalue weighted by Crippen LogP contribution is -2.56. The molecule has 3 amide bonds. The molecule has 7 nitrogen and oxygen atoms in total. The minimum atomic E-state index is -0.805. The summed E-state index contributed by atoms with van der Waals surface area (Å²) in [5, 5.41) is 10.8. The van der Waals surface area contributed by atoms with Crippen LogP contribution in [0.25, 0.3) is 0 Å². The van der Waals surface area contributed by atoms with Gasteiger partial charge < -0.3 is 19.8 Å². The quantitative estimate of drug-likeness (QED) is 0.204. The highest BCUT2D eigenvalue weighted by Crippen LogP contribution is 2.72. The minimum Gasteiger partial charge on any atom is -0.394 e. The summed E-state index contributed by atoms with van der Waals surface area (Å²) in [7, 11) is 0. The van der Waals surface area contributed by atoms with Crippen molar-refractivity contribution >= 4 is 29.5 Å². The fourth-order valence-corrected chi connectivity index (χ4v) is 10.3. The van der Waals surface area contributed by atoms with Crippen LogP contribution in [0.5, 0.6) is 0 Å². The van der Waals surface area contributed by atoms with E-state index in [9.17, 15) is 19.5 Å². The second kappa shape index (κ2) is 14.0. The number of fused-ring (bicyclic) bond motifs is 1. The number of hydrogen-bond acceptors (Lipinski definition) is 5. The molecule has 2 unspecified atom stereocenters. The molecular formula is C37H47N3O4S. The molecule has 2 bridgehead atoms. The van der Waals surface area contributed by atoms with E-state index in [2.05, 4.69) is 27.0 Å². The van der Waals surface area contributed by atoms with E-state index in [0.29, 0.717) is 32.6 Å². The fourth-order valence-electron chi connectivity index (χ4n) is 7.95. The number of aliphatic hydroxyl groups excluding tert-OH is 1. The summed E-state index contributed by atoms with van der Waals surface area (Å²) < 4.78 is -1.27. The molecule has 5 rings (SSSR count). The molecule has 6 atom stereocenters. The summed E-state index contributed by atoms with van der Waals surface area (Å²) in [6.07, 6.45) is 7.74. The SMILES string of the molecule is C=CCN(CCCCC)C(=O)C1N([C@H](CO)c2ccccc2)C(=O)[C@@H]2[C@@H](C(=O)N(CC=C)Cc3ccccc3)[C@@]3(C)CCC12S3. The monoisotopic (exact) mass is 629 g/mol. The summed E-state index contributed by atoms with van der Waals surface area (Å²) >= 11 is 1.67. The maximum absolute atomic E-state index is 14.9. The van der Waals surface area contributed by atoms with Gasteiger partial charge >= 0.3 is 0 Å². The van der Waals surface area contributed by atoms with Gasteiger partial charge in [-0.05, 0) is 37.3 Å². The summed E-state index contributed by atoms with van der Waals surface area (Å²) in [5.41, 5.74) is 1.78. The van der Waals surface area contributed by atoms with Crippen LogP contribution in [0, 0.1) is 11.8 Å². The lowest BCUT2D eigenvalue weighted by Gasteiger charge is -2.40. The molecule has 45 heavy (non-hydrogen) atoms. The predicted molar refractivity (Wildman–Crippen MR) is 180 cm³/mol. The van der Waals surface area contributed by atoms with E-state index >= 15 is 0 Å². The van der Waals surface area contributed by atoms with Crippen LogP contribution in [-0.2, 0) is 20.9 Å². The van der Waals surface area contributed by atoms with Crippen molar-refractivity contribution < 1.29 is 19.5 Å². The Kier molecular flexibility index (Phi) is 10.2. The van der Waals surface area contributed by atoms with Crippen LogP contribution in [0.4, 0.5) is 0 Å². The zero-order chi connectivity index (χ0) is 32.2. The number of hydrogen-bond donors (Lipinski definition) is 1. The number of amides is 3. The first-order valence-electron chi connectivity index (χ1n) is 16.3. The minimum absolute atomic E-state index is 0.0760. The van der Waals surface area contributed by atoms with Gasteiger partial charge in [0, 0.05) is 30.9 Å². The topological polar surface area (TPSA) is 81.2 Å². The first-order valence-corrected chi connectivity index (χ1v) is 17.1. The zero-order valence-corrected chi connectivity index (χ0v) is 27.5. The lowest BCUT2D eigenvalue weighted by atomic mass is 9.66. The standard InChI is InChI=1S/C37H47N3O4S/c1-5-8-15-24-38(22-6-2)35(44)32-37-21-20-36(4,45-37)30(33(42)39(23-7-3)25-27-16-11-9-12-17-27)31(37)34(43)40(32)29(26-41)28-18-13-10-14-19-28/h6-7,9-14,16-19,29-32,41H,2-3,5,8,15,20-26H2,1,4H3/t29-,30+,31+,32?,36-,37?/m1/s1. The molecule has 3 heterocycles. The van der Waals surface area contributed by atoms with Gasteiger partial charge in [0.15, 0.2) is 0 Å². The van der Waals surface area contributed by atoms with E-state index in [1.807, 2.05) is 65.6 Å². The van der Waals surface area contributed by atoms with Crippen molar-refractivity contribution in [1.82, 2.24) is 14.7 Å². The summed E-state index contributed by atoms with van der Waals surface area (Å²) in [6.45, 7) is 13.5. The van der Waals surface area contributed by atoms with Crippen molar-refractivity contribution in [2.75, 3.05) is 26.2 Å². The lowest BCUT2D eigenvalue weighted by molar-refractivity contribution is -0.148. The van der Waals surface area contributed by atoms with Crippen molar-refractivity contribution in [3.8, 4) is 0 Å². The van der Waals surface area contributed by atoms with Gasteiger partial charge in [0.2, 0.25) is 17.7 Å². The van der Waals surface area contributed by atoms with E-state index in [1.165, 1.54) is 0 Å². The molecule has 3 aliphatic rings. The van der Waals surface area contributed by atoms with E-state index < -0.39 is 33.4 Å². The van der Waals surface area contributed by atoms with Gasteiger partial charge in [0.25, 0.3) is 0 Å². The molecule has 3 aliphatic heterocycles. The Balaban J connectivity index is 1.59. The van der Waals surface area contributed by atoms with Gasteiger partial charge in [-0.2, -0.15) is 0 Å². The normalized spacial score (nSPS) is 27.2. The third kappa shape index (κ3) is 5.99. The first-order chi connectivity index (χ1) is 21.8. The number of benzene rings is 2. The van der Waals surface area contributed by atoms with Crippen LogP contribution in [0.1, 0.15) is 63.1 Å². The Morgan fingerprint density at radius 3 is 2.27 bits per heavy atom. The van der Waals surface area contributed by atoms with E-state index in [-0.39, 0.29) is 24.3 Å². The summed E-state index contributed by atoms with van der Waals surface area (Å²) in [6, 6.07) is 17.8. The van der Waals surface area contributed by atoms with Gasteiger partial charge in [-0.3, -0.25) is 14.4 Å². The van der Waals surface area contributed by atoms with E-state index in [1.54, 1.807) is 33.7 Å². The van der Waals surface area contributed by atoms with Crippen LogP contribution in [0.15, 0.2) is 86.0 Å². The average Bonchev–Trinajstić information content (AvgIpc) is 3.62. The molecule has 240 valence electrons. The summed E-state index contributed by atoms with van der Waals surface area (Å²) in [4.78, 5) is 49.7. The molecule has 2 aromatic carbocycles. The highest BCUT2D eigenvalue weighted by Gasteiger charge is 2.78. The highest BCUT2D eigenvalue weighted by atomic mass is 32.2. The highest BCUT2D eigenvalue weighted by molar-refractivity contribution is 8.02. The fraction of sp³-hybridized carbons (Fsp3) is 0.486. The Bertz CT molecular complexity index is 1390. The van der Waals surface area contributed by atoms with Gasteiger partial charge in [0.05, 0.1) is 29.2 Å². The maximum Gasteiger partial charge on any atom is 0.247 e. The zero-order valence-electron chi connectivity index (χ0n) is 26.6. The molecule has 0 aliphatic carbocycles. The average molecular weight is 630 g/mol. The predicted octanol–water partition coefficient (Wildman–Crippen LogP) is 5.62. The first kappa shape index (κ1) is 33.0. The number of aliphatic hydroxyl groups is 1. The Morgan fingerprint density at radius 1 is 1.00 bits per heavy atom. The smallest absolute Gasteiger partial charge is 0.247 e. The maximum atomic E-state index is 14.9. The van der Waals surface area contributed by atoms with Crippen molar-refractivity contribution in [2.24, 2.45) is 11.8 Å². The largest absolute Gasteiger partial charge is 0.394 e. The van der Waals surface area contributed by atoms with Gasteiger partial charge in [-0.1, -0.05) is 92.6 Å². The molecule has 1 spiro atoms. The third-order valence-electron chi connectivity index (χ3n) is 9.98. The van der Waals surface area contributed by atoms with Crippen molar-refractivity contribution in [1.29, 1.82) is 0 Å². The van der Waals surface area contributed by atoms with Gasteiger partial charge in [0.1, 0.15) is 6.04 Å². The molecular weight excluding hydrogens is 582 g/mol. The molecule has 1 N–H and O–H groups in total. The van der Waals surface area contributed by atoms with Crippen molar-refractivity contribution in [3.63, 3.8) is 0 Å². The number of thioether (sulfide) groups is 1. The Morgan fingerprint density at radius 2 is 1.64 bits per heavy atom. The molecule has 0 saturated carbocycles. The van der Waals surface area contributed by atoms with Gasteiger partial charge in [-0.15, -0.1) is 24.9 Å². The number of carbonyl (C=O) groups excluding carboxylic acids is 3. The van der Waals surface area contributed by atoms with Crippen molar-refractivity contribution in [2.45, 2.75) is 74.1 Å². The molecule has 3 fully saturated rings. The third-order valence-corrected chi connectivity index (χ3v) is 12.0. The van der Waals surface area contributed by atoms with Crippen LogP contribution in [0.2, 0.25) is 0 Å². The Labute approximate surface area is 272 Å². The molecule has 2 aromatic rings. The number of carbonyl (C=O) groups is 3. The van der Waals surface area contributed by atoms with Gasteiger partial charge in [-0.25, -0.2) is 0 Å². The number of rotatable bonds is 15. The molecule has 3 saturated heterocycles. The van der Waals surface area contributed by atoms with Crippen LogP contribution < -0.4 is 0 Å². The number of unbranched alkanes of at least 4 members (excludes halogenated alkanes) is 2. The number of likely N-dealkylation sites (tertiary alicyclic amines) is 1. The number of nitrogens with zero attached hydrogens (tertiary/aromatic N) is 3. The second-order valence-electron chi connectivity index (χ2n) is 12.9. The van der Waals surface area contributed by atoms with Crippen molar-refractivity contribution in [3.05, 3.63) is 97.1 Å². The van der Waals surface area contributed by atoms with E-state index in [4.69, 9.17) is 0 Å².